The lowest BCUT2D eigenvalue weighted by molar-refractivity contribution is -0.151. The molecule has 22 heavy (non-hydrogen) atoms. The molecule has 2 saturated carbocycles. The summed E-state index contributed by atoms with van der Waals surface area (Å²) in [6.45, 7) is 10.2. The number of esters is 1. The van der Waals surface area contributed by atoms with Crippen LogP contribution in [0.2, 0.25) is 0 Å². The molecule has 0 aliphatic heterocycles. The van der Waals surface area contributed by atoms with Gasteiger partial charge in [-0.15, -0.1) is 0 Å². The lowest BCUT2D eigenvalue weighted by Gasteiger charge is -2.51. The maximum absolute atomic E-state index is 12.0. The molecule has 0 aromatic carbocycles. The first kappa shape index (κ1) is 15.8. The van der Waals surface area contributed by atoms with Crippen LogP contribution >= 0.6 is 0 Å². The Kier molecular flexibility index (Phi) is 3.96. The minimum absolute atomic E-state index is 0.00960. The molecule has 0 spiro atoms. The molecule has 1 N–H and O–H groups in total. The van der Waals surface area contributed by atoms with E-state index in [9.17, 15) is 9.90 Å². The van der Waals surface area contributed by atoms with Gasteiger partial charge in [0, 0.05) is 5.92 Å². The van der Waals surface area contributed by atoms with E-state index in [4.69, 9.17) is 4.74 Å². The molecule has 120 valence electrons. The Bertz CT molecular complexity index is 517. The Morgan fingerprint density at radius 2 is 2.09 bits per heavy atom. The van der Waals surface area contributed by atoms with Crippen LogP contribution in [0.25, 0.3) is 0 Å². The predicted molar refractivity (Wildman–Crippen MR) is 84.7 cm³/mol. The van der Waals surface area contributed by atoms with Crippen LogP contribution in [0, 0.1) is 30.1 Å². The number of hydrogen-bond donors (Lipinski definition) is 1. The average Bonchev–Trinajstić information content (AvgIpc) is 3.26. The molecule has 0 unspecified atom stereocenters. The zero-order valence-electron chi connectivity index (χ0n) is 13.8. The average molecular weight is 302 g/mol. The van der Waals surface area contributed by atoms with Gasteiger partial charge in [-0.25, -0.2) is 0 Å². The van der Waals surface area contributed by atoms with E-state index >= 15 is 0 Å². The van der Waals surface area contributed by atoms with E-state index in [0.29, 0.717) is 0 Å². The summed E-state index contributed by atoms with van der Waals surface area (Å²) in [6, 6.07) is 0. The zero-order valence-corrected chi connectivity index (χ0v) is 13.8. The number of rotatable bonds is 3. The first-order valence-corrected chi connectivity index (χ1v) is 8.37. The smallest absolute Gasteiger partial charge is 0.309 e. The van der Waals surface area contributed by atoms with E-state index in [2.05, 4.69) is 26.0 Å². The molecule has 0 amide bonds. The Morgan fingerprint density at radius 1 is 1.41 bits per heavy atom. The van der Waals surface area contributed by atoms with Crippen molar-refractivity contribution < 1.29 is 14.6 Å². The van der Waals surface area contributed by atoms with Crippen LogP contribution in [-0.4, -0.2) is 22.8 Å². The summed E-state index contributed by atoms with van der Waals surface area (Å²) < 4.78 is 5.59. The van der Waals surface area contributed by atoms with Crippen molar-refractivity contribution in [3.8, 4) is 0 Å². The molecule has 5 atom stereocenters. The highest BCUT2D eigenvalue weighted by Gasteiger charge is 2.52. The minimum atomic E-state index is -1.03. The summed E-state index contributed by atoms with van der Waals surface area (Å²) in [4.78, 5) is 12.0. The second-order valence-electron chi connectivity index (χ2n) is 7.43. The molecule has 3 aliphatic carbocycles. The molecular weight excluding hydrogens is 276 g/mol. The topological polar surface area (TPSA) is 46.5 Å². The molecule has 3 heteroatoms. The monoisotopic (exact) mass is 302 g/mol. The molecule has 0 aromatic heterocycles. The SMILES string of the molecule is C=C(C)[C@@H]1CC[C@@H](C)[C@]2(O)[C][C@@H](OC(=O)C3CC3)C(C)=C[C@@H]12. The summed E-state index contributed by atoms with van der Waals surface area (Å²) in [6.07, 6.45) is 8.65. The number of hydrogen-bond acceptors (Lipinski definition) is 3. The van der Waals surface area contributed by atoms with Crippen LogP contribution in [0.4, 0.5) is 0 Å². The fourth-order valence-electron chi connectivity index (χ4n) is 3.85. The summed E-state index contributed by atoms with van der Waals surface area (Å²) in [5.74, 6) is 0.286. The summed E-state index contributed by atoms with van der Waals surface area (Å²) in [7, 11) is 0. The van der Waals surface area contributed by atoms with E-state index < -0.39 is 11.7 Å². The standard InChI is InChI=1S/C19H26O3/c1-11(2)15-8-5-13(4)19(21)10-17(12(3)9-16(15)19)22-18(20)14-6-7-14/h9,13-17,21H,1,5-8H2,2-4H3/t13-,15+,16+,17-,19-/m1/s1. The Morgan fingerprint density at radius 3 is 2.68 bits per heavy atom. The third kappa shape index (κ3) is 2.64. The predicted octanol–water partition coefficient (Wildman–Crippen LogP) is 3.32. The molecule has 3 aliphatic rings. The Balaban J connectivity index is 1.85. The summed E-state index contributed by atoms with van der Waals surface area (Å²) in [5.41, 5.74) is 1.05. The third-order valence-electron chi connectivity index (χ3n) is 5.60. The van der Waals surface area contributed by atoms with Crippen LogP contribution in [0.1, 0.15) is 46.5 Å². The van der Waals surface area contributed by atoms with Gasteiger partial charge >= 0.3 is 5.97 Å². The largest absolute Gasteiger partial charge is 0.457 e. The van der Waals surface area contributed by atoms with E-state index in [1.165, 1.54) is 0 Å². The number of aliphatic hydroxyl groups is 1. The van der Waals surface area contributed by atoms with Gasteiger partial charge in [0.2, 0.25) is 0 Å². The van der Waals surface area contributed by atoms with Crippen molar-refractivity contribution >= 4 is 5.97 Å². The Hall–Kier alpha value is -1.09. The van der Waals surface area contributed by atoms with Crippen molar-refractivity contribution in [2.75, 3.05) is 0 Å². The molecule has 0 aromatic rings. The van der Waals surface area contributed by atoms with Gasteiger partial charge in [-0.2, -0.15) is 0 Å². The van der Waals surface area contributed by atoms with Crippen molar-refractivity contribution in [1.29, 1.82) is 0 Å². The van der Waals surface area contributed by atoms with Gasteiger partial charge in [0.15, 0.2) is 0 Å². The van der Waals surface area contributed by atoms with Gasteiger partial charge in [0.05, 0.1) is 17.9 Å². The number of ether oxygens (including phenoxy) is 1. The van der Waals surface area contributed by atoms with Gasteiger partial charge in [-0.3, -0.25) is 4.79 Å². The van der Waals surface area contributed by atoms with Crippen molar-refractivity contribution in [3.05, 3.63) is 30.2 Å². The normalized spacial score (nSPS) is 41.4. The van der Waals surface area contributed by atoms with Crippen LogP contribution < -0.4 is 0 Å². The maximum Gasteiger partial charge on any atom is 0.309 e. The molecule has 3 nitrogen and oxygen atoms in total. The van der Waals surface area contributed by atoms with Gasteiger partial charge in [-0.1, -0.05) is 25.2 Å². The summed E-state index contributed by atoms with van der Waals surface area (Å²) >= 11 is 0. The first-order chi connectivity index (χ1) is 10.3. The third-order valence-corrected chi connectivity index (χ3v) is 5.60. The highest BCUT2D eigenvalue weighted by atomic mass is 16.5. The van der Waals surface area contributed by atoms with Crippen molar-refractivity contribution in [2.24, 2.45) is 23.7 Å². The second kappa shape index (κ2) is 5.52. The molecular formula is C19H26O3. The maximum atomic E-state index is 12.0. The lowest BCUT2D eigenvalue weighted by Crippen LogP contribution is -2.55. The minimum Gasteiger partial charge on any atom is -0.457 e. The van der Waals surface area contributed by atoms with Crippen LogP contribution in [0.3, 0.4) is 0 Å². The van der Waals surface area contributed by atoms with Crippen LogP contribution in [0.5, 0.6) is 0 Å². The number of carbonyl (C=O) groups excluding carboxylic acids is 1. The van der Waals surface area contributed by atoms with Crippen molar-refractivity contribution in [3.63, 3.8) is 0 Å². The number of allylic oxidation sites excluding steroid dienone is 1. The zero-order chi connectivity index (χ0) is 16.1. The molecule has 0 bridgehead atoms. The van der Waals surface area contributed by atoms with E-state index in [1.807, 2.05) is 13.8 Å². The van der Waals surface area contributed by atoms with E-state index in [-0.39, 0.29) is 29.6 Å². The highest BCUT2D eigenvalue weighted by molar-refractivity contribution is 5.75. The van der Waals surface area contributed by atoms with Crippen LogP contribution in [0.15, 0.2) is 23.8 Å². The van der Waals surface area contributed by atoms with Crippen molar-refractivity contribution in [1.82, 2.24) is 0 Å². The molecule has 0 saturated heterocycles. The summed E-state index contributed by atoms with van der Waals surface area (Å²) in [5, 5.41) is 11.2. The number of fused-ring (bicyclic) bond motifs is 1. The van der Waals surface area contributed by atoms with E-state index in [0.717, 1.165) is 36.8 Å². The quantitative estimate of drug-likeness (QED) is 0.642. The number of carbonyl (C=O) groups is 1. The lowest BCUT2D eigenvalue weighted by atomic mass is 9.58. The molecule has 2 radical (unpaired) electrons. The second-order valence-corrected chi connectivity index (χ2v) is 7.43. The van der Waals surface area contributed by atoms with Gasteiger partial charge in [-0.05, 0) is 56.9 Å². The molecule has 2 fully saturated rings. The van der Waals surface area contributed by atoms with Gasteiger partial charge in [0.1, 0.15) is 6.10 Å². The fourth-order valence-corrected chi connectivity index (χ4v) is 3.85. The molecule has 0 heterocycles. The van der Waals surface area contributed by atoms with E-state index in [1.54, 1.807) is 0 Å². The van der Waals surface area contributed by atoms with Crippen LogP contribution in [-0.2, 0) is 9.53 Å². The van der Waals surface area contributed by atoms with Crippen molar-refractivity contribution in [2.45, 2.75) is 58.2 Å². The molecule has 3 rings (SSSR count). The first-order valence-electron chi connectivity index (χ1n) is 8.37. The highest BCUT2D eigenvalue weighted by Crippen LogP contribution is 2.50. The Labute approximate surface area is 133 Å². The van der Waals surface area contributed by atoms with Gasteiger partial charge in [0.25, 0.3) is 0 Å². The van der Waals surface area contributed by atoms with Gasteiger partial charge < -0.3 is 9.84 Å². The fraction of sp³-hybridized carbons (Fsp3) is 0.684.